The van der Waals surface area contributed by atoms with Crippen LogP contribution in [0.4, 0.5) is 5.13 Å². The van der Waals surface area contributed by atoms with Gasteiger partial charge in [0.05, 0.1) is 5.54 Å². The van der Waals surface area contributed by atoms with E-state index in [9.17, 15) is 9.59 Å². The number of hydrogen-bond acceptors (Lipinski definition) is 6. The normalized spacial score (nSPS) is 22.4. The molecule has 1 aromatic heterocycles. The highest BCUT2D eigenvalue weighted by molar-refractivity contribution is 7.09. The maximum atomic E-state index is 12.5. The van der Waals surface area contributed by atoms with E-state index in [-0.39, 0.29) is 23.4 Å². The number of nitrogens with one attached hydrogen (secondary N) is 3. The molecule has 0 aromatic carbocycles. The summed E-state index contributed by atoms with van der Waals surface area (Å²) in [6.07, 6.45) is 7.89. The molecule has 1 aromatic rings. The van der Waals surface area contributed by atoms with Crippen molar-refractivity contribution in [2.75, 3.05) is 11.9 Å². The summed E-state index contributed by atoms with van der Waals surface area (Å²) in [4.78, 5) is 28.3. The van der Waals surface area contributed by atoms with Crippen LogP contribution in [-0.2, 0) is 16.0 Å². The number of nitrogens with zero attached hydrogens (tertiary/aromatic N) is 2. The van der Waals surface area contributed by atoms with Crippen LogP contribution in [0.5, 0.6) is 0 Å². The monoisotopic (exact) mass is 365 g/mol. The molecule has 2 aliphatic rings. The molecule has 1 atom stereocenters. The van der Waals surface area contributed by atoms with Crippen LogP contribution in [0.3, 0.4) is 0 Å². The Bertz CT molecular complexity index is 612. The van der Waals surface area contributed by atoms with Gasteiger partial charge >= 0.3 is 0 Å². The van der Waals surface area contributed by atoms with Crippen molar-refractivity contribution in [1.82, 2.24) is 20.0 Å². The van der Waals surface area contributed by atoms with Crippen LogP contribution in [0.2, 0.25) is 0 Å². The number of carbonyl (C=O) groups excluding carboxylic acids is 2. The fourth-order valence-electron chi connectivity index (χ4n) is 3.69. The van der Waals surface area contributed by atoms with E-state index in [1.54, 1.807) is 0 Å². The molecule has 1 aliphatic heterocycles. The average molecular weight is 366 g/mol. The minimum absolute atomic E-state index is 0.0172. The number of rotatable bonds is 7. The van der Waals surface area contributed by atoms with Crippen molar-refractivity contribution in [1.29, 1.82) is 0 Å². The molecule has 1 aliphatic carbocycles. The van der Waals surface area contributed by atoms with Gasteiger partial charge in [0.1, 0.15) is 5.82 Å². The van der Waals surface area contributed by atoms with Gasteiger partial charge in [-0.1, -0.05) is 26.2 Å². The summed E-state index contributed by atoms with van der Waals surface area (Å²) in [5.41, 5.74) is -0.226. The highest BCUT2D eigenvalue weighted by Gasteiger charge is 2.34. The van der Waals surface area contributed by atoms with Gasteiger partial charge in [0.25, 0.3) is 0 Å². The predicted molar refractivity (Wildman–Crippen MR) is 97.5 cm³/mol. The molecule has 8 heteroatoms. The second-order valence-corrected chi connectivity index (χ2v) is 7.87. The first-order valence-electron chi connectivity index (χ1n) is 9.25. The lowest BCUT2D eigenvalue weighted by Crippen LogP contribution is -2.55. The summed E-state index contributed by atoms with van der Waals surface area (Å²) in [6.45, 7) is 2.71. The number of aromatic nitrogens is 2. The molecule has 3 rings (SSSR count). The summed E-state index contributed by atoms with van der Waals surface area (Å²) in [7, 11) is 0. The molecule has 2 heterocycles. The second kappa shape index (κ2) is 8.12. The third-order valence-corrected chi connectivity index (χ3v) is 5.80. The third-order valence-electron chi connectivity index (χ3n) is 5.09. The maximum Gasteiger partial charge on any atom is 0.222 e. The minimum Gasteiger partial charge on any atom is -0.358 e. The van der Waals surface area contributed by atoms with Gasteiger partial charge in [-0.3, -0.25) is 9.59 Å². The Morgan fingerprint density at radius 1 is 1.36 bits per heavy atom. The molecule has 2 fully saturated rings. The van der Waals surface area contributed by atoms with E-state index < -0.39 is 0 Å². The van der Waals surface area contributed by atoms with Gasteiger partial charge in [-0.2, -0.15) is 4.37 Å². The Kier molecular flexibility index (Phi) is 5.88. The van der Waals surface area contributed by atoms with Crippen molar-refractivity contribution in [3.8, 4) is 0 Å². The molecular formula is C17H27N5O2S. The third kappa shape index (κ3) is 4.90. The zero-order valence-electron chi connectivity index (χ0n) is 14.8. The lowest BCUT2D eigenvalue weighted by molar-refractivity contribution is -0.123. The summed E-state index contributed by atoms with van der Waals surface area (Å²) in [6, 6.07) is -0.0172. The lowest BCUT2D eigenvalue weighted by Gasteiger charge is -2.38. The Balaban J connectivity index is 1.57. The van der Waals surface area contributed by atoms with E-state index in [0.29, 0.717) is 19.4 Å². The SMILES string of the molecule is CCc1nsc(NCC2(NC(=O)CC3CCC(=O)N3)CCCCC2)n1. The molecular weight excluding hydrogens is 338 g/mol. The van der Waals surface area contributed by atoms with Gasteiger partial charge in [0, 0.05) is 43.4 Å². The second-order valence-electron chi connectivity index (χ2n) is 7.12. The predicted octanol–water partition coefficient (Wildman–Crippen LogP) is 2.00. The van der Waals surface area contributed by atoms with Crippen molar-refractivity contribution in [2.45, 2.75) is 76.3 Å². The number of hydrogen-bond donors (Lipinski definition) is 3. The van der Waals surface area contributed by atoms with E-state index in [1.807, 2.05) is 6.92 Å². The van der Waals surface area contributed by atoms with Gasteiger partial charge in [0.15, 0.2) is 0 Å². The molecule has 7 nitrogen and oxygen atoms in total. The smallest absolute Gasteiger partial charge is 0.222 e. The van der Waals surface area contributed by atoms with E-state index in [4.69, 9.17) is 0 Å². The standard InChI is InChI=1S/C17H27N5O2S/c1-2-13-20-16(25-22-13)18-11-17(8-4-3-5-9-17)21-15(24)10-12-6-7-14(23)19-12/h12H,2-11H2,1H3,(H,19,23)(H,21,24)(H,18,20,22). The highest BCUT2D eigenvalue weighted by Crippen LogP contribution is 2.29. The Morgan fingerprint density at radius 2 is 2.16 bits per heavy atom. The van der Waals surface area contributed by atoms with Crippen LogP contribution in [0.1, 0.15) is 64.1 Å². The quantitative estimate of drug-likeness (QED) is 0.687. The molecule has 25 heavy (non-hydrogen) atoms. The average Bonchev–Trinajstić information content (AvgIpc) is 3.22. The minimum atomic E-state index is -0.226. The zero-order chi connectivity index (χ0) is 17.7. The van der Waals surface area contributed by atoms with Gasteiger partial charge in [-0.25, -0.2) is 4.98 Å². The van der Waals surface area contributed by atoms with Crippen molar-refractivity contribution < 1.29 is 9.59 Å². The topological polar surface area (TPSA) is 96.0 Å². The van der Waals surface area contributed by atoms with Gasteiger partial charge in [-0.15, -0.1) is 0 Å². The highest BCUT2D eigenvalue weighted by atomic mass is 32.1. The molecule has 1 saturated heterocycles. The Labute approximate surface area is 152 Å². The molecule has 1 saturated carbocycles. The zero-order valence-corrected chi connectivity index (χ0v) is 15.6. The van der Waals surface area contributed by atoms with E-state index in [1.165, 1.54) is 18.0 Å². The number of aryl methyl sites for hydroxylation is 1. The van der Waals surface area contributed by atoms with E-state index in [2.05, 4.69) is 25.3 Å². The van der Waals surface area contributed by atoms with Crippen LogP contribution in [-0.4, -0.2) is 39.3 Å². The first kappa shape index (κ1) is 18.1. The molecule has 138 valence electrons. The number of amides is 2. The van der Waals surface area contributed by atoms with Gasteiger partial charge < -0.3 is 16.0 Å². The lowest BCUT2D eigenvalue weighted by atomic mass is 9.81. The summed E-state index contributed by atoms with van der Waals surface area (Å²) < 4.78 is 4.30. The largest absolute Gasteiger partial charge is 0.358 e. The van der Waals surface area contributed by atoms with E-state index >= 15 is 0 Å². The van der Waals surface area contributed by atoms with Crippen LogP contribution < -0.4 is 16.0 Å². The number of carbonyl (C=O) groups is 2. The van der Waals surface area contributed by atoms with Crippen LogP contribution in [0.25, 0.3) is 0 Å². The van der Waals surface area contributed by atoms with Crippen molar-refractivity contribution >= 4 is 28.5 Å². The first-order valence-corrected chi connectivity index (χ1v) is 10.0. The fourth-order valence-corrected chi connectivity index (χ4v) is 4.33. The Morgan fingerprint density at radius 3 is 2.80 bits per heavy atom. The first-order chi connectivity index (χ1) is 12.1. The molecule has 3 N–H and O–H groups in total. The van der Waals surface area contributed by atoms with Crippen molar-refractivity contribution in [3.63, 3.8) is 0 Å². The molecule has 2 amide bonds. The molecule has 0 radical (unpaired) electrons. The molecule has 1 unspecified atom stereocenters. The summed E-state index contributed by atoms with van der Waals surface area (Å²) >= 11 is 1.37. The molecule has 0 bridgehead atoms. The van der Waals surface area contributed by atoms with Gasteiger partial charge in [0.2, 0.25) is 16.9 Å². The van der Waals surface area contributed by atoms with Crippen LogP contribution in [0, 0.1) is 0 Å². The van der Waals surface area contributed by atoms with E-state index in [0.717, 1.165) is 49.5 Å². The number of anilines is 1. The van der Waals surface area contributed by atoms with Crippen LogP contribution >= 0.6 is 11.5 Å². The maximum absolute atomic E-state index is 12.5. The molecule has 0 spiro atoms. The summed E-state index contributed by atoms with van der Waals surface area (Å²) in [5.74, 6) is 0.934. The fraction of sp³-hybridized carbons (Fsp3) is 0.765. The van der Waals surface area contributed by atoms with Crippen molar-refractivity contribution in [3.05, 3.63) is 5.82 Å². The van der Waals surface area contributed by atoms with Gasteiger partial charge in [-0.05, 0) is 19.3 Å². The van der Waals surface area contributed by atoms with Crippen molar-refractivity contribution in [2.24, 2.45) is 0 Å². The Hall–Kier alpha value is -1.70. The van der Waals surface area contributed by atoms with Crippen LogP contribution in [0.15, 0.2) is 0 Å². The summed E-state index contributed by atoms with van der Waals surface area (Å²) in [5, 5.41) is 10.3.